The molecule has 0 amide bonds. The Bertz CT molecular complexity index is 2150. The van der Waals surface area contributed by atoms with Gasteiger partial charge < -0.3 is 4.90 Å². The second kappa shape index (κ2) is 12.8. The molecule has 0 aliphatic heterocycles. The van der Waals surface area contributed by atoms with Crippen LogP contribution in [0.2, 0.25) is 0 Å². The van der Waals surface area contributed by atoms with Gasteiger partial charge in [0.2, 0.25) is 5.95 Å². The van der Waals surface area contributed by atoms with Crippen LogP contribution in [0.15, 0.2) is 134 Å². The van der Waals surface area contributed by atoms with Gasteiger partial charge in [0.15, 0.2) is 0 Å². The van der Waals surface area contributed by atoms with Crippen LogP contribution in [0.5, 0.6) is 0 Å². The van der Waals surface area contributed by atoms with Crippen LogP contribution < -0.4 is 9.80 Å². The summed E-state index contributed by atoms with van der Waals surface area (Å²) in [5.74, 6) is 0.618. The molecule has 236 valence electrons. The number of hydrogen-bond donors (Lipinski definition) is 0. The molecule has 6 aromatic carbocycles. The SMILES string of the molecule is Cc1cc(C)c(N(c2ccc(N(c3nccc(-c4ccccc4)n3)c3cccc4ccccc34)cc2)c2c(C)cc(C)cc2C)c(C)c1. The first-order valence-electron chi connectivity index (χ1n) is 16.5. The lowest BCUT2D eigenvalue weighted by Crippen LogP contribution is -2.17. The third-order valence-corrected chi connectivity index (χ3v) is 9.00. The van der Waals surface area contributed by atoms with Crippen LogP contribution in [0.25, 0.3) is 22.0 Å². The highest BCUT2D eigenvalue weighted by atomic mass is 15.3. The van der Waals surface area contributed by atoms with Crippen LogP contribution >= 0.6 is 0 Å². The maximum Gasteiger partial charge on any atom is 0.235 e. The van der Waals surface area contributed by atoms with Crippen LogP contribution in [0, 0.1) is 41.5 Å². The first-order chi connectivity index (χ1) is 23.3. The van der Waals surface area contributed by atoms with Crippen LogP contribution in [-0.4, -0.2) is 9.97 Å². The van der Waals surface area contributed by atoms with Gasteiger partial charge in [0.05, 0.1) is 22.8 Å². The van der Waals surface area contributed by atoms with E-state index in [2.05, 4.69) is 154 Å². The number of nitrogens with zero attached hydrogens (tertiary/aromatic N) is 4. The fraction of sp³-hybridized carbons (Fsp3) is 0.136. The Morgan fingerprint density at radius 1 is 0.479 bits per heavy atom. The van der Waals surface area contributed by atoms with Crippen LogP contribution in [-0.2, 0) is 0 Å². The van der Waals surface area contributed by atoms with Crippen LogP contribution in [0.1, 0.15) is 33.4 Å². The second-order valence-corrected chi connectivity index (χ2v) is 12.8. The molecule has 48 heavy (non-hydrogen) atoms. The zero-order chi connectivity index (χ0) is 33.4. The Balaban J connectivity index is 1.42. The topological polar surface area (TPSA) is 32.3 Å². The zero-order valence-electron chi connectivity index (χ0n) is 28.5. The van der Waals surface area contributed by atoms with Crippen molar-refractivity contribution < 1.29 is 0 Å². The number of hydrogen-bond acceptors (Lipinski definition) is 4. The van der Waals surface area contributed by atoms with E-state index in [4.69, 9.17) is 9.97 Å². The normalized spacial score (nSPS) is 11.1. The second-order valence-electron chi connectivity index (χ2n) is 12.8. The molecule has 0 saturated carbocycles. The van der Waals surface area contributed by atoms with E-state index in [0.717, 1.165) is 39.1 Å². The summed E-state index contributed by atoms with van der Waals surface area (Å²) in [4.78, 5) is 14.6. The van der Waals surface area contributed by atoms with Crippen molar-refractivity contribution in [3.63, 3.8) is 0 Å². The molecule has 0 unspecified atom stereocenters. The average Bonchev–Trinajstić information content (AvgIpc) is 3.08. The van der Waals surface area contributed by atoms with Crippen molar-refractivity contribution in [2.45, 2.75) is 41.5 Å². The monoisotopic (exact) mass is 624 g/mol. The van der Waals surface area contributed by atoms with Crippen molar-refractivity contribution in [2.75, 3.05) is 9.80 Å². The summed E-state index contributed by atoms with van der Waals surface area (Å²) >= 11 is 0. The van der Waals surface area contributed by atoms with E-state index in [1.54, 1.807) is 0 Å². The first-order valence-corrected chi connectivity index (χ1v) is 16.5. The predicted molar refractivity (Wildman–Crippen MR) is 203 cm³/mol. The Kier molecular flexibility index (Phi) is 8.24. The molecule has 0 spiro atoms. The van der Waals surface area contributed by atoms with E-state index in [1.165, 1.54) is 44.8 Å². The van der Waals surface area contributed by atoms with Crippen molar-refractivity contribution in [1.29, 1.82) is 0 Å². The summed E-state index contributed by atoms with van der Waals surface area (Å²) in [7, 11) is 0. The van der Waals surface area contributed by atoms with E-state index in [9.17, 15) is 0 Å². The first kappa shape index (κ1) is 30.9. The van der Waals surface area contributed by atoms with Gasteiger partial charge in [0.25, 0.3) is 0 Å². The summed E-state index contributed by atoms with van der Waals surface area (Å²) in [6.07, 6.45) is 1.85. The maximum absolute atomic E-state index is 5.12. The number of benzene rings is 6. The predicted octanol–water partition coefficient (Wildman–Crippen LogP) is 12.1. The summed E-state index contributed by atoms with van der Waals surface area (Å²) in [6.45, 7) is 13.2. The molecule has 4 nitrogen and oxygen atoms in total. The Morgan fingerprint density at radius 2 is 1.00 bits per heavy atom. The van der Waals surface area contributed by atoms with Gasteiger partial charge in [-0.1, -0.05) is 102 Å². The minimum absolute atomic E-state index is 0.618. The maximum atomic E-state index is 5.12. The minimum Gasteiger partial charge on any atom is -0.309 e. The highest BCUT2D eigenvalue weighted by Gasteiger charge is 2.23. The summed E-state index contributed by atoms with van der Waals surface area (Å²) in [6, 6.07) is 45.1. The fourth-order valence-electron chi connectivity index (χ4n) is 7.16. The molecule has 1 aromatic heterocycles. The number of anilines is 6. The van der Waals surface area contributed by atoms with Gasteiger partial charge in [-0.2, -0.15) is 0 Å². The number of rotatable bonds is 7. The largest absolute Gasteiger partial charge is 0.309 e. The Labute approximate surface area is 284 Å². The van der Waals surface area contributed by atoms with Crippen LogP contribution in [0.3, 0.4) is 0 Å². The molecule has 0 saturated heterocycles. The lowest BCUT2D eigenvalue weighted by Gasteiger charge is -2.32. The Hall–Kier alpha value is -5.74. The molecule has 1 heterocycles. The van der Waals surface area contributed by atoms with Gasteiger partial charge in [0.1, 0.15) is 0 Å². The molecular formula is C44H40N4. The summed E-state index contributed by atoms with van der Waals surface area (Å²) in [5.41, 5.74) is 15.0. The van der Waals surface area contributed by atoms with E-state index < -0.39 is 0 Å². The molecular weight excluding hydrogens is 585 g/mol. The molecule has 0 N–H and O–H groups in total. The zero-order valence-corrected chi connectivity index (χ0v) is 28.5. The molecule has 0 bridgehead atoms. The van der Waals surface area contributed by atoms with Gasteiger partial charge >= 0.3 is 0 Å². The third-order valence-electron chi connectivity index (χ3n) is 9.00. The highest BCUT2D eigenvalue weighted by molar-refractivity contribution is 5.98. The van der Waals surface area contributed by atoms with Crippen molar-refractivity contribution in [3.05, 3.63) is 167 Å². The van der Waals surface area contributed by atoms with E-state index >= 15 is 0 Å². The Morgan fingerprint density at radius 3 is 1.60 bits per heavy atom. The quantitative estimate of drug-likeness (QED) is 0.177. The van der Waals surface area contributed by atoms with Gasteiger partial charge in [0, 0.05) is 28.5 Å². The van der Waals surface area contributed by atoms with Gasteiger partial charge in [-0.3, -0.25) is 4.90 Å². The smallest absolute Gasteiger partial charge is 0.235 e. The average molecular weight is 625 g/mol. The lowest BCUT2D eigenvalue weighted by atomic mass is 9.98. The molecule has 4 heteroatoms. The summed E-state index contributed by atoms with van der Waals surface area (Å²) in [5, 5.41) is 2.30. The van der Waals surface area contributed by atoms with Gasteiger partial charge in [-0.15, -0.1) is 0 Å². The number of aromatic nitrogens is 2. The summed E-state index contributed by atoms with van der Waals surface area (Å²) < 4.78 is 0. The molecule has 0 aliphatic rings. The van der Waals surface area contributed by atoms with Gasteiger partial charge in [-0.25, -0.2) is 9.97 Å². The molecule has 7 rings (SSSR count). The van der Waals surface area contributed by atoms with Crippen molar-refractivity contribution in [1.82, 2.24) is 9.97 Å². The molecule has 0 atom stereocenters. The van der Waals surface area contributed by atoms with E-state index in [0.29, 0.717) is 5.95 Å². The van der Waals surface area contributed by atoms with Gasteiger partial charge in [-0.05, 0) is 106 Å². The minimum atomic E-state index is 0.618. The molecule has 0 radical (unpaired) electrons. The number of fused-ring (bicyclic) bond motifs is 1. The number of aryl methyl sites for hydroxylation is 6. The van der Waals surface area contributed by atoms with E-state index in [-0.39, 0.29) is 0 Å². The molecule has 0 fully saturated rings. The van der Waals surface area contributed by atoms with E-state index in [1.807, 2.05) is 30.5 Å². The lowest BCUT2D eigenvalue weighted by molar-refractivity contribution is 1.09. The molecule has 7 aromatic rings. The fourth-order valence-corrected chi connectivity index (χ4v) is 7.16. The van der Waals surface area contributed by atoms with Crippen molar-refractivity contribution in [3.8, 4) is 11.3 Å². The van der Waals surface area contributed by atoms with Crippen molar-refractivity contribution >= 4 is 45.2 Å². The molecule has 0 aliphatic carbocycles. The van der Waals surface area contributed by atoms with Crippen LogP contribution in [0.4, 0.5) is 34.4 Å². The highest BCUT2D eigenvalue weighted by Crippen LogP contribution is 2.44. The third kappa shape index (κ3) is 5.82. The van der Waals surface area contributed by atoms with Crippen molar-refractivity contribution in [2.24, 2.45) is 0 Å². The standard InChI is InChI=1S/C44H40N4/c1-29-25-31(3)42(32(4)26-29)48(43-33(5)27-30(2)28-34(43)6)38-21-19-37(20-22-38)47(41-18-12-16-35-13-10-11-17-39(35)41)44-45-24-23-40(46-44)36-14-8-7-9-15-36/h7-28H,1-6H3.